The minimum Gasteiger partial charge on any atom is -0.486 e. The molecule has 0 spiro atoms. The lowest BCUT2D eigenvalue weighted by molar-refractivity contribution is -0.132. The van der Waals surface area contributed by atoms with Gasteiger partial charge in [-0.1, -0.05) is 6.07 Å². The molecule has 2 amide bonds. The molecular weight excluding hydrogens is 380 g/mol. The van der Waals surface area contributed by atoms with Crippen LogP contribution in [-0.4, -0.2) is 31.6 Å². The molecule has 2 N–H and O–H groups in total. The number of amides is 2. The molecule has 4 bridgehead atoms. The van der Waals surface area contributed by atoms with Crippen molar-refractivity contribution in [2.45, 2.75) is 57.9 Å². The maximum absolute atomic E-state index is 12.6. The van der Waals surface area contributed by atoms with E-state index in [0.717, 1.165) is 29.1 Å². The zero-order valence-corrected chi connectivity index (χ0v) is 17.7. The number of benzene rings is 1. The van der Waals surface area contributed by atoms with Crippen LogP contribution >= 0.6 is 0 Å². The number of ether oxygens (including phenoxy) is 2. The van der Waals surface area contributed by atoms with Gasteiger partial charge in [0.1, 0.15) is 13.2 Å². The average Bonchev–Trinajstić information content (AvgIpc) is 2.70. The molecule has 1 aromatic carbocycles. The van der Waals surface area contributed by atoms with E-state index < -0.39 is 0 Å². The molecule has 5 aliphatic rings. The van der Waals surface area contributed by atoms with Crippen LogP contribution < -0.4 is 20.1 Å². The highest BCUT2D eigenvalue weighted by molar-refractivity contribution is 5.85. The zero-order chi connectivity index (χ0) is 20.7. The summed E-state index contributed by atoms with van der Waals surface area (Å²) >= 11 is 0. The first-order valence-corrected chi connectivity index (χ1v) is 11.4. The van der Waals surface area contributed by atoms with Crippen molar-refractivity contribution in [3.8, 4) is 11.5 Å². The third-order valence-corrected chi connectivity index (χ3v) is 7.59. The Balaban J connectivity index is 1.11. The molecule has 1 atom stereocenters. The van der Waals surface area contributed by atoms with Gasteiger partial charge < -0.3 is 20.1 Å². The van der Waals surface area contributed by atoms with Gasteiger partial charge in [-0.15, -0.1) is 0 Å². The van der Waals surface area contributed by atoms with E-state index >= 15 is 0 Å². The van der Waals surface area contributed by atoms with Crippen LogP contribution in [0.5, 0.6) is 11.5 Å². The quantitative estimate of drug-likeness (QED) is 0.751. The monoisotopic (exact) mass is 412 g/mol. The maximum atomic E-state index is 12.6. The van der Waals surface area contributed by atoms with Crippen molar-refractivity contribution in [1.82, 2.24) is 10.6 Å². The summed E-state index contributed by atoms with van der Waals surface area (Å²) in [7, 11) is 0. The number of carbonyl (C=O) groups excluding carboxylic acids is 2. The summed E-state index contributed by atoms with van der Waals surface area (Å²) in [6.45, 7) is 3.05. The van der Waals surface area contributed by atoms with Crippen LogP contribution in [0.4, 0.5) is 0 Å². The lowest BCUT2D eigenvalue weighted by atomic mass is 9.49. The molecule has 0 radical (unpaired) electrons. The Hall–Kier alpha value is -2.24. The fourth-order valence-corrected chi connectivity index (χ4v) is 6.79. The lowest BCUT2D eigenvalue weighted by Crippen LogP contribution is -2.48. The van der Waals surface area contributed by atoms with Crippen LogP contribution in [0.15, 0.2) is 18.2 Å². The fourth-order valence-electron chi connectivity index (χ4n) is 6.79. The molecule has 1 aromatic rings. The Bertz CT molecular complexity index is 801. The first-order chi connectivity index (χ1) is 14.5. The molecule has 1 unspecified atom stereocenters. The summed E-state index contributed by atoms with van der Waals surface area (Å²) in [4.78, 5) is 25.0. The number of fused-ring (bicyclic) bond motifs is 1. The Labute approximate surface area is 178 Å². The predicted molar refractivity (Wildman–Crippen MR) is 112 cm³/mol. The molecule has 4 aliphatic carbocycles. The number of carbonyl (C=O) groups is 2. The summed E-state index contributed by atoms with van der Waals surface area (Å²) in [5, 5.41) is 5.84. The smallest absolute Gasteiger partial charge is 0.239 e. The SMILES string of the molecule is CC(NC(=O)CNC(=O)CC12CC3CC(CC(C3)C1)C2)c1ccc2c(c1)OCCO2. The molecule has 162 valence electrons. The van der Waals surface area contributed by atoms with E-state index in [1.807, 2.05) is 25.1 Å². The second-order valence-electron chi connectivity index (χ2n) is 10.1. The largest absolute Gasteiger partial charge is 0.486 e. The van der Waals surface area contributed by atoms with Crippen LogP contribution in [0.3, 0.4) is 0 Å². The minimum absolute atomic E-state index is 0.0269. The van der Waals surface area contributed by atoms with E-state index in [2.05, 4.69) is 10.6 Å². The van der Waals surface area contributed by atoms with Crippen molar-refractivity contribution < 1.29 is 19.1 Å². The van der Waals surface area contributed by atoms with E-state index in [9.17, 15) is 9.59 Å². The molecule has 4 fully saturated rings. The number of hydrogen-bond donors (Lipinski definition) is 2. The van der Waals surface area contributed by atoms with E-state index in [0.29, 0.717) is 25.4 Å². The lowest BCUT2D eigenvalue weighted by Gasteiger charge is -2.56. The summed E-state index contributed by atoms with van der Waals surface area (Å²) in [6, 6.07) is 5.54. The normalized spacial score (nSPS) is 31.8. The summed E-state index contributed by atoms with van der Waals surface area (Å²) < 4.78 is 11.2. The topological polar surface area (TPSA) is 76.7 Å². The highest BCUT2D eigenvalue weighted by atomic mass is 16.6. The van der Waals surface area contributed by atoms with Crippen molar-refractivity contribution in [2.24, 2.45) is 23.2 Å². The predicted octanol–water partition coefficient (Wildman–Crippen LogP) is 3.36. The van der Waals surface area contributed by atoms with Crippen LogP contribution in [0, 0.1) is 23.2 Å². The highest BCUT2D eigenvalue weighted by Crippen LogP contribution is 2.61. The Morgan fingerprint density at radius 3 is 2.30 bits per heavy atom. The number of rotatable bonds is 6. The van der Waals surface area contributed by atoms with Gasteiger partial charge in [0.2, 0.25) is 11.8 Å². The van der Waals surface area contributed by atoms with Crippen molar-refractivity contribution in [3.05, 3.63) is 23.8 Å². The van der Waals surface area contributed by atoms with Crippen molar-refractivity contribution in [3.63, 3.8) is 0 Å². The van der Waals surface area contributed by atoms with Crippen LogP contribution in [0.25, 0.3) is 0 Å². The Morgan fingerprint density at radius 1 is 1.00 bits per heavy atom. The maximum Gasteiger partial charge on any atom is 0.239 e. The summed E-state index contributed by atoms with van der Waals surface area (Å²) in [5.41, 5.74) is 1.15. The second-order valence-corrected chi connectivity index (χ2v) is 10.1. The van der Waals surface area contributed by atoms with Gasteiger partial charge in [-0.25, -0.2) is 0 Å². The number of nitrogens with one attached hydrogen (secondary N) is 2. The molecule has 6 heteroatoms. The summed E-state index contributed by atoms with van der Waals surface area (Å²) in [6.07, 6.45) is 8.34. The van der Waals surface area contributed by atoms with Gasteiger partial charge in [0.25, 0.3) is 0 Å². The highest BCUT2D eigenvalue weighted by Gasteiger charge is 2.51. The zero-order valence-electron chi connectivity index (χ0n) is 17.7. The first kappa shape index (κ1) is 19.7. The van der Waals surface area contributed by atoms with Crippen LogP contribution in [0.1, 0.15) is 63.5 Å². The minimum atomic E-state index is -0.173. The molecule has 30 heavy (non-hydrogen) atoms. The molecule has 1 heterocycles. The van der Waals surface area contributed by atoms with Crippen molar-refractivity contribution in [1.29, 1.82) is 0 Å². The molecule has 0 aromatic heterocycles. The van der Waals surface area contributed by atoms with Crippen molar-refractivity contribution in [2.75, 3.05) is 19.8 Å². The molecule has 6 nitrogen and oxygen atoms in total. The summed E-state index contributed by atoms with van der Waals surface area (Å²) in [5.74, 6) is 3.80. The van der Waals surface area contributed by atoms with Gasteiger partial charge in [0, 0.05) is 6.42 Å². The standard InChI is InChI=1S/C24H32N2O4/c1-15(19-2-3-20-21(9-19)30-5-4-29-20)26-23(28)14-25-22(27)13-24-10-16-6-17(11-24)8-18(7-16)12-24/h2-3,9,15-18H,4-8,10-14H2,1H3,(H,25,27)(H,26,28). The fraction of sp³-hybridized carbons (Fsp3) is 0.667. The third kappa shape index (κ3) is 4.01. The van der Waals surface area contributed by atoms with Crippen LogP contribution in [0.2, 0.25) is 0 Å². The molecule has 6 rings (SSSR count). The van der Waals surface area contributed by atoms with E-state index in [4.69, 9.17) is 9.47 Å². The number of hydrogen-bond acceptors (Lipinski definition) is 4. The first-order valence-electron chi connectivity index (χ1n) is 11.4. The van der Waals surface area contributed by atoms with Gasteiger partial charge in [-0.2, -0.15) is 0 Å². The molecular formula is C24H32N2O4. The average molecular weight is 413 g/mol. The molecule has 0 saturated heterocycles. The van der Waals surface area contributed by atoms with Gasteiger partial charge in [0.05, 0.1) is 12.6 Å². The molecule has 4 saturated carbocycles. The van der Waals surface area contributed by atoms with E-state index in [1.165, 1.54) is 38.5 Å². The van der Waals surface area contributed by atoms with E-state index in [1.54, 1.807) is 0 Å². The van der Waals surface area contributed by atoms with Crippen LogP contribution in [-0.2, 0) is 9.59 Å². The van der Waals surface area contributed by atoms with Gasteiger partial charge in [-0.05, 0) is 86.3 Å². The van der Waals surface area contributed by atoms with Gasteiger partial charge in [-0.3, -0.25) is 9.59 Å². The molecule has 1 aliphatic heterocycles. The Kier molecular flexibility index (Phi) is 5.11. The van der Waals surface area contributed by atoms with Gasteiger partial charge in [0.15, 0.2) is 11.5 Å². The third-order valence-electron chi connectivity index (χ3n) is 7.59. The Morgan fingerprint density at radius 2 is 1.63 bits per heavy atom. The van der Waals surface area contributed by atoms with E-state index in [-0.39, 0.29) is 29.8 Å². The van der Waals surface area contributed by atoms with Gasteiger partial charge >= 0.3 is 0 Å². The van der Waals surface area contributed by atoms with Crippen molar-refractivity contribution >= 4 is 11.8 Å². The second kappa shape index (κ2) is 7.78.